The highest BCUT2D eigenvalue weighted by Gasteiger charge is 2.50. The molecule has 2 N–H and O–H groups in total. The number of hydrogen-bond donors (Lipinski definition) is 2. The van der Waals surface area contributed by atoms with Crippen LogP contribution in [0.5, 0.6) is 0 Å². The monoisotopic (exact) mass is 270 g/mol. The van der Waals surface area contributed by atoms with E-state index in [1.54, 1.807) is 0 Å². The second-order valence-electron chi connectivity index (χ2n) is 6.94. The van der Waals surface area contributed by atoms with E-state index < -0.39 is 11.7 Å². The number of nitrogens with zero attached hydrogens (tertiary/aromatic N) is 1. The Bertz CT molecular complexity index is 337. The van der Waals surface area contributed by atoms with Crippen molar-refractivity contribution < 1.29 is 14.6 Å². The van der Waals surface area contributed by atoms with Crippen molar-refractivity contribution in [1.29, 1.82) is 0 Å². The number of aliphatic hydroxyl groups is 1. The van der Waals surface area contributed by atoms with E-state index in [1.165, 1.54) is 7.11 Å². The molecule has 2 atom stereocenters. The maximum atomic E-state index is 11.1. The zero-order chi connectivity index (χ0) is 14.3. The van der Waals surface area contributed by atoms with Crippen LogP contribution in [0.15, 0.2) is 0 Å². The predicted molar refractivity (Wildman–Crippen MR) is 73.0 cm³/mol. The average molecular weight is 270 g/mol. The maximum absolute atomic E-state index is 11.1. The number of methoxy groups -OCH3 is 1. The summed E-state index contributed by atoms with van der Waals surface area (Å²) in [5.41, 5.74) is -0.648. The van der Waals surface area contributed by atoms with Gasteiger partial charge in [0.15, 0.2) is 0 Å². The second-order valence-corrected chi connectivity index (χ2v) is 6.94. The minimum atomic E-state index is -0.790. The first-order valence-corrected chi connectivity index (χ1v) is 7.08. The van der Waals surface area contributed by atoms with Crippen molar-refractivity contribution in [3.8, 4) is 0 Å². The highest BCUT2D eigenvalue weighted by atomic mass is 16.5. The molecule has 1 amide bonds. The quantitative estimate of drug-likeness (QED) is 0.798. The molecular weight excluding hydrogens is 244 g/mol. The first kappa shape index (κ1) is 14.6. The largest absolute Gasteiger partial charge is 0.453 e. The normalized spacial score (nSPS) is 35.2. The van der Waals surface area contributed by atoms with Crippen molar-refractivity contribution in [2.75, 3.05) is 13.7 Å². The van der Waals surface area contributed by atoms with E-state index in [9.17, 15) is 9.90 Å². The molecular formula is C14H26N2O3. The average Bonchev–Trinajstić information content (AvgIpc) is 2.60. The van der Waals surface area contributed by atoms with Crippen LogP contribution in [0.4, 0.5) is 4.79 Å². The van der Waals surface area contributed by atoms with E-state index >= 15 is 0 Å². The van der Waals surface area contributed by atoms with Gasteiger partial charge in [-0.05, 0) is 46.5 Å². The lowest BCUT2D eigenvalue weighted by Crippen LogP contribution is -2.60. The first-order valence-electron chi connectivity index (χ1n) is 7.08. The van der Waals surface area contributed by atoms with Crippen LogP contribution in [-0.4, -0.2) is 53.0 Å². The summed E-state index contributed by atoms with van der Waals surface area (Å²) in [5.74, 6) is 0. The summed E-state index contributed by atoms with van der Waals surface area (Å²) in [7, 11) is 1.34. The third-order valence-corrected chi connectivity index (χ3v) is 4.37. The van der Waals surface area contributed by atoms with Gasteiger partial charge in [0.25, 0.3) is 0 Å². The summed E-state index contributed by atoms with van der Waals surface area (Å²) in [4.78, 5) is 13.7. The van der Waals surface area contributed by atoms with Gasteiger partial charge in [-0.25, -0.2) is 4.79 Å². The van der Waals surface area contributed by atoms with Crippen molar-refractivity contribution in [3.05, 3.63) is 0 Å². The fourth-order valence-electron chi connectivity index (χ4n) is 3.87. The van der Waals surface area contributed by atoms with E-state index in [0.717, 1.165) is 25.7 Å². The van der Waals surface area contributed by atoms with Crippen LogP contribution >= 0.6 is 0 Å². The standard InChI is InChI=1S/C14H26N2O3/c1-13(2,3)16-10-5-6-11(16)8-14(18,7-10)9-15-12(17)19-4/h10-11,18H,5-9H2,1-4H3,(H,15,17). The minimum Gasteiger partial charge on any atom is -0.453 e. The molecule has 2 rings (SSSR count). The molecule has 0 saturated carbocycles. The van der Waals surface area contributed by atoms with Crippen LogP contribution in [0.3, 0.4) is 0 Å². The third-order valence-electron chi connectivity index (χ3n) is 4.37. The topological polar surface area (TPSA) is 61.8 Å². The van der Waals surface area contributed by atoms with E-state index in [4.69, 9.17) is 0 Å². The van der Waals surface area contributed by atoms with Crippen LogP contribution in [0.25, 0.3) is 0 Å². The SMILES string of the molecule is COC(=O)NCC1(O)CC2CCC(C1)N2C(C)(C)C. The Balaban J connectivity index is 2.01. The lowest BCUT2D eigenvalue weighted by Gasteiger charge is -2.49. The predicted octanol–water partition coefficient (Wildman–Crippen LogP) is 1.50. The van der Waals surface area contributed by atoms with Gasteiger partial charge in [-0.1, -0.05) is 0 Å². The Hall–Kier alpha value is -0.810. The molecule has 5 nitrogen and oxygen atoms in total. The Morgan fingerprint density at radius 3 is 2.32 bits per heavy atom. The zero-order valence-corrected chi connectivity index (χ0v) is 12.4. The molecule has 5 heteroatoms. The van der Waals surface area contributed by atoms with Gasteiger partial charge >= 0.3 is 6.09 Å². The van der Waals surface area contributed by atoms with Crippen molar-refractivity contribution >= 4 is 6.09 Å². The summed E-state index contributed by atoms with van der Waals surface area (Å²) in [6.45, 7) is 6.98. The molecule has 2 aliphatic heterocycles. The fraction of sp³-hybridized carbons (Fsp3) is 0.929. The zero-order valence-electron chi connectivity index (χ0n) is 12.4. The molecule has 2 aliphatic rings. The number of nitrogens with one attached hydrogen (secondary N) is 1. The summed E-state index contributed by atoms with van der Waals surface area (Å²) >= 11 is 0. The van der Waals surface area contributed by atoms with Crippen molar-refractivity contribution in [2.45, 2.75) is 69.7 Å². The summed E-state index contributed by atoms with van der Waals surface area (Å²) in [6.07, 6.45) is 3.26. The fourth-order valence-corrected chi connectivity index (χ4v) is 3.87. The lowest BCUT2D eigenvalue weighted by atomic mass is 9.83. The number of carbonyl (C=O) groups is 1. The van der Waals surface area contributed by atoms with E-state index in [0.29, 0.717) is 12.1 Å². The van der Waals surface area contributed by atoms with Crippen LogP contribution in [0.1, 0.15) is 46.5 Å². The number of fused-ring (bicyclic) bond motifs is 2. The number of rotatable bonds is 2. The van der Waals surface area contributed by atoms with Crippen LogP contribution in [0, 0.1) is 0 Å². The molecule has 0 aromatic carbocycles. The minimum absolute atomic E-state index is 0.142. The van der Waals surface area contributed by atoms with E-state index in [2.05, 4.69) is 35.7 Å². The Morgan fingerprint density at radius 2 is 1.89 bits per heavy atom. The van der Waals surface area contributed by atoms with E-state index in [-0.39, 0.29) is 12.1 Å². The maximum Gasteiger partial charge on any atom is 0.406 e. The molecule has 2 bridgehead atoms. The van der Waals surface area contributed by atoms with Gasteiger partial charge in [-0.3, -0.25) is 4.90 Å². The number of amides is 1. The van der Waals surface area contributed by atoms with Gasteiger partial charge in [-0.15, -0.1) is 0 Å². The van der Waals surface area contributed by atoms with Gasteiger partial charge < -0.3 is 15.2 Å². The Morgan fingerprint density at radius 1 is 1.37 bits per heavy atom. The number of carbonyl (C=O) groups excluding carboxylic acids is 1. The summed E-state index contributed by atoms with van der Waals surface area (Å²) in [5, 5.41) is 13.3. The van der Waals surface area contributed by atoms with Crippen LogP contribution < -0.4 is 5.32 Å². The Kier molecular flexibility index (Phi) is 3.80. The molecule has 0 aliphatic carbocycles. The van der Waals surface area contributed by atoms with Crippen molar-refractivity contribution in [3.63, 3.8) is 0 Å². The second kappa shape index (κ2) is 4.94. The van der Waals surface area contributed by atoms with Gasteiger partial charge in [0.2, 0.25) is 0 Å². The molecule has 0 aromatic rings. The molecule has 19 heavy (non-hydrogen) atoms. The number of piperidine rings is 1. The third kappa shape index (κ3) is 3.03. The number of alkyl carbamates (subject to hydrolysis) is 1. The van der Waals surface area contributed by atoms with Gasteiger partial charge in [0.05, 0.1) is 12.7 Å². The highest BCUT2D eigenvalue weighted by molar-refractivity contribution is 5.66. The highest BCUT2D eigenvalue weighted by Crippen LogP contribution is 2.44. The molecule has 0 spiro atoms. The molecule has 2 saturated heterocycles. The molecule has 110 valence electrons. The van der Waals surface area contributed by atoms with E-state index in [1.807, 2.05) is 0 Å². The van der Waals surface area contributed by atoms with Crippen LogP contribution in [0.2, 0.25) is 0 Å². The summed E-state index contributed by atoms with van der Waals surface area (Å²) < 4.78 is 4.56. The van der Waals surface area contributed by atoms with Crippen molar-refractivity contribution in [2.24, 2.45) is 0 Å². The number of ether oxygens (including phenoxy) is 1. The number of hydrogen-bond acceptors (Lipinski definition) is 4. The van der Waals surface area contributed by atoms with Crippen LogP contribution in [-0.2, 0) is 4.74 Å². The first-order chi connectivity index (χ1) is 8.75. The molecule has 0 aromatic heterocycles. The smallest absolute Gasteiger partial charge is 0.406 e. The van der Waals surface area contributed by atoms with Gasteiger partial charge in [-0.2, -0.15) is 0 Å². The van der Waals surface area contributed by atoms with Gasteiger partial charge in [0, 0.05) is 24.2 Å². The molecule has 0 radical (unpaired) electrons. The van der Waals surface area contributed by atoms with Crippen molar-refractivity contribution in [1.82, 2.24) is 10.2 Å². The molecule has 2 unspecified atom stereocenters. The summed E-state index contributed by atoms with van der Waals surface area (Å²) in [6, 6.07) is 0.839. The lowest BCUT2D eigenvalue weighted by molar-refractivity contribution is -0.0758. The van der Waals surface area contributed by atoms with Gasteiger partial charge in [0.1, 0.15) is 0 Å². The molecule has 2 fully saturated rings. The Labute approximate surface area is 115 Å². The molecule has 2 heterocycles.